The van der Waals surface area contributed by atoms with E-state index in [9.17, 15) is 14.7 Å². The normalized spacial score (nSPS) is 18.3. The average molecular weight is 555 g/mol. The predicted molar refractivity (Wildman–Crippen MR) is 162 cm³/mol. The van der Waals surface area contributed by atoms with Crippen LogP contribution in [0.25, 0.3) is 22.0 Å². The number of hydrogen-bond acceptors (Lipinski definition) is 4. The summed E-state index contributed by atoms with van der Waals surface area (Å²) in [6.07, 6.45) is -0.367. The van der Waals surface area contributed by atoms with Crippen molar-refractivity contribution in [2.24, 2.45) is 13.0 Å². The molecule has 3 aromatic carbocycles. The van der Waals surface area contributed by atoms with E-state index in [1.54, 1.807) is 16.8 Å². The summed E-state index contributed by atoms with van der Waals surface area (Å²) >= 11 is 0. The minimum Gasteiger partial charge on any atom is -0.394 e. The SMILES string of the molecule is C[C@@H]1CN([C@H](C)CO)C(=O)c2c(c3ccccc3n2C)-c2ccccc2CO[C@H]1CN(C)C(=O)Nc1ccccc1. The number of carbonyl (C=O) groups is 2. The molecular formula is C33H38N4O4. The molecule has 4 aromatic rings. The van der Waals surface area contributed by atoms with Crippen LogP contribution in [0.1, 0.15) is 29.9 Å². The van der Waals surface area contributed by atoms with Gasteiger partial charge in [-0.25, -0.2) is 4.79 Å². The van der Waals surface area contributed by atoms with E-state index in [0.717, 1.165) is 27.6 Å². The smallest absolute Gasteiger partial charge is 0.321 e. The molecule has 0 spiro atoms. The average Bonchev–Trinajstić information content (AvgIpc) is 3.28. The number of hydrogen-bond donors (Lipinski definition) is 2. The van der Waals surface area contributed by atoms with Gasteiger partial charge in [0, 0.05) is 55.3 Å². The van der Waals surface area contributed by atoms with Gasteiger partial charge in [0.15, 0.2) is 0 Å². The number of likely N-dealkylation sites (N-methyl/N-ethyl adjacent to an activating group) is 1. The zero-order chi connectivity index (χ0) is 29.1. The van der Waals surface area contributed by atoms with Crippen LogP contribution in [0, 0.1) is 5.92 Å². The number of aryl methyl sites for hydroxylation is 1. The van der Waals surface area contributed by atoms with E-state index in [1.165, 1.54) is 0 Å². The molecule has 3 amide bonds. The first-order valence-corrected chi connectivity index (χ1v) is 14.1. The van der Waals surface area contributed by atoms with Crippen molar-refractivity contribution in [1.82, 2.24) is 14.4 Å². The lowest BCUT2D eigenvalue weighted by Crippen LogP contribution is -2.48. The number of aliphatic hydroxyl groups is 1. The lowest BCUT2D eigenvalue weighted by molar-refractivity contribution is -0.0179. The maximum absolute atomic E-state index is 14.4. The molecule has 1 aliphatic rings. The van der Waals surface area contributed by atoms with Gasteiger partial charge in [-0.2, -0.15) is 0 Å². The first-order chi connectivity index (χ1) is 19.8. The molecule has 0 saturated heterocycles. The number of rotatable bonds is 5. The molecule has 0 bridgehead atoms. The largest absolute Gasteiger partial charge is 0.394 e. The Bertz CT molecular complexity index is 1530. The van der Waals surface area contributed by atoms with Gasteiger partial charge in [0.05, 0.1) is 25.4 Å². The van der Waals surface area contributed by atoms with E-state index in [4.69, 9.17) is 4.74 Å². The Morgan fingerprint density at radius 1 is 1.07 bits per heavy atom. The number of carbonyl (C=O) groups excluding carboxylic acids is 2. The Morgan fingerprint density at radius 2 is 1.76 bits per heavy atom. The number of nitrogens with zero attached hydrogens (tertiary/aromatic N) is 3. The molecule has 1 aromatic heterocycles. The van der Waals surface area contributed by atoms with Gasteiger partial charge in [-0.3, -0.25) is 4.79 Å². The van der Waals surface area contributed by atoms with Crippen LogP contribution in [-0.2, 0) is 18.4 Å². The van der Waals surface area contributed by atoms with Crippen molar-refractivity contribution >= 4 is 28.5 Å². The molecule has 0 saturated carbocycles. The van der Waals surface area contributed by atoms with Crippen molar-refractivity contribution in [3.05, 3.63) is 90.1 Å². The molecule has 0 aliphatic carbocycles. The topological polar surface area (TPSA) is 87.0 Å². The van der Waals surface area contributed by atoms with Gasteiger partial charge < -0.3 is 29.5 Å². The summed E-state index contributed by atoms with van der Waals surface area (Å²) in [6.45, 7) is 4.73. The number of amides is 3. The van der Waals surface area contributed by atoms with Crippen LogP contribution in [-0.4, -0.2) is 70.3 Å². The molecule has 5 rings (SSSR count). The number of anilines is 1. The van der Waals surface area contributed by atoms with Crippen LogP contribution in [0.2, 0.25) is 0 Å². The summed E-state index contributed by atoms with van der Waals surface area (Å²) in [7, 11) is 3.67. The first kappa shape index (κ1) is 28.4. The molecule has 0 fully saturated rings. The maximum Gasteiger partial charge on any atom is 0.321 e. The number of ether oxygens (including phenoxy) is 1. The molecule has 2 N–H and O–H groups in total. The third-order valence-corrected chi connectivity index (χ3v) is 8.05. The standard InChI is InChI=1S/C33H38N4O4/c1-22-18-37(23(2)20-38)32(39)31-30(27-16-10-11-17-28(27)36(31)4)26-15-9-8-12-24(26)21-41-29(22)19-35(3)33(40)34-25-13-6-5-7-14-25/h5-17,22-23,29,38H,18-21H2,1-4H3,(H,34,40)/t22-,23-,29+/m1/s1. The molecule has 2 heterocycles. The molecule has 1 aliphatic heterocycles. The lowest BCUT2D eigenvalue weighted by atomic mass is 9.96. The van der Waals surface area contributed by atoms with Crippen LogP contribution < -0.4 is 5.32 Å². The van der Waals surface area contributed by atoms with Crippen molar-refractivity contribution < 1.29 is 19.4 Å². The van der Waals surface area contributed by atoms with E-state index in [1.807, 2.05) is 104 Å². The molecular weight excluding hydrogens is 516 g/mol. The molecule has 214 valence electrons. The summed E-state index contributed by atoms with van der Waals surface area (Å²) in [5.74, 6) is -0.277. The molecule has 8 nitrogen and oxygen atoms in total. The van der Waals surface area contributed by atoms with E-state index in [2.05, 4.69) is 5.32 Å². The highest BCUT2D eigenvalue weighted by atomic mass is 16.5. The van der Waals surface area contributed by atoms with Gasteiger partial charge in [0.1, 0.15) is 5.69 Å². The Kier molecular flexibility index (Phi) is 8.42. The second-order valence-corrected chi connectivity index (χ2v) is 10.9. The first-order valence-electron chi connectivity index (χ1n) is 14.1. The number of nitrogens with one attached hydrogen (secondary N) is 1. The fourth-order valence-corrected chi connectivity index (χ4v) is 5.62. The minimum absolute atomic E-state index is 0.136. The number of urea groups is 1. The number of benzene rings is 3. The minimum atomic E-state index is -0.411. The van der Waals surface area contributed by atoms with Crippen LogP contribution in [0.5, 0.6) is 0 Å². The molecule has 0 unspecified atom stereocenters. The second kappa shape index (κ2) is 12.2. The fourth-order valence-electron chi connectivity index (χ4n) is 5.62. The van der Waals surface area contributed by atoms with Gasteiger partial charge >= 0.3 is 6.03 Å². The Morgan fingerprint density at radius 3 is 2.51 bits per heavy atom. The van der Waals surface area contributed by atoms with Crippen molar-refractivity contribution in [3.8, 4) is 11.1 Å². The number of para-hydroxylation sites is 2. The van der Waals surface area contributed by atoms with Crippen molar-refractivity contribution in [1.29, 1.82) is 0 Å². The van der Waals surface area contributed by atoms with E-state index >= 15 is 0 Å². The zero-order valence-electron chi connectivity index (χ0n) is 24.1. The van der Waals surface area contributed by atoms with Gasteiger partial charge in [-0.05, 0) is 36.2 Å². The molecule has 8 heteroatoms. The van der Waals surface area contributed by atoms with E-state index in [-0.39, 0.29) is 30.6 Å². The van der Waals surface area contributed by atoms with Crippen LogP contribution in [0.4, 0.5) is 10.5 Å². The fraction of sp³-hybridized carbons (Fsp3) is 0.333. The van der Waals surface area contributed by atoms with Gasteiger partial charge in [-0.15, -0.1) is 0 Å². The highest BCUT2D eigenvalue weighted by molar-refractivity contribution is 6.10. The summed E-state index contributed by atoms with van der Waals surface area (Å²) in [4.78, 5) is 30.8. The summed E-state index contributed by atoms with van der Waals surface area (Å²) < 4.78 is 8.55. The quantitative estimate of drug-likeness (QED) is 0.347. The van der Waals surface area contributed by atoms with Crippen LogP contribution in [0.15, 0.2) is 78.9 Å². The van der Waals surface area contributed by atoms with Crippen molar-refractivity contribution in [2.75, 3.05) is 32.1 Å². The monoisotopic (exact) mass is 554 g/mol. The summed E-state index contributed by atoms with van der Waals surface area (Å²) in [5, 5.41) is 14.1. The third kappa shape index (κ3) is 5.71. The Hall–Kier alpha value is -4.14. The van der Waals surface area contributed by atoms with Gasteiger partial charge in [0.25, 0.3) is 5.91 Å². The molecule has 3 atom stereocenters. The van der Waals surface area contributed by atoms with E-state index < -0.39 is 6.04 Å². The summed E-state index contributed by atoms with van der Waals surface area (Å²) in [6, 6.07) is 24.7. The zero-order valence-corrected chi connectivity index (χ0v) is 24.1. The van der Waals surface area contributed by atoms with Crippen LogP contribution in [0.3, 0.4) is 0 Å². The third-order valence-electron chi connectivity index (χ3n) is 8.05. The second-order valence-electron chi connectivity index (χ2n) is 10.9. The molecule has 41 heavy (non-hydrogen) atoms. The molecule has 0 radical (unpaired) electrons. The summed E-state index contributed by atoms with van der Waals surface area (Å²) in [5.41, 5.74) is 5.04. The Labute approximate surface area is 241 Å². The van der Waals surface area contributed by atoms with Crippen molar-refractivity contribution in [2.45, 2.75) is 32.6 Å². The van der Waals surface area contributed by atoms with Gasteiger partial charge in [0.2, 0.25) is 0 Å². The van der Waals surface area contributed by atoms with Crippen molar-refractivity contribution in [3.63, 3.8) is 0 Å². The predicted octanol–water partition coefficient (Wildman–Crippen LogP) is 5.37. The number of aromatic nitrogens is 1. The maximum atomic E-state index is 14.4. The highest BCUT2D eigenvalue weighted by Crippen LogP contribution is 2.38. The van der Waals surface area contributed by atoms with E-state index in [0.29, 0.717) is 31.1 Å². The Balaban J connectivity index is 1.55. The lowest BCUT2D eigenvalue weighted by Gasteiger charge is -2.35. The number of aliphatic hydroxyl groups excluding tert-OH is 1. The highest BCUT2D eigenvalue weighted by Gasteiger charge is 2.34. The van der Waals surface area contributed by atoms with Gasteiger partial charge in [-0.1, -0.05) is 67.6 Å². The number of fused-ring (bicyclic) bond motifs is 5. The van der Waals surface area contributed by atoms with Crippen LogP contribution >= 0.6 is 0 Å².